The third-order valence-electron chi connectivity index (χ3n) is 7.37. The van der Waals surface area contributed by atoms with Gasteiger partial charge in [0.1, 0.15) is 16.8 Å². The number of H-pyrrole nitrogens is 1. The van der Waals surface area contributed by atoms with E-state index in [1.54, 1.807) is 13.3 Å². The summed E-state index contributed by atoms with van der Waals surface area (Å²) in [6, 6.07) is 16.0. The smallest absolute Gasteiger partial charge is 0.490 e. The van der Waals surface area contributed by atoms with E-state index in [0.29, 0.717) is 35.9 Å². The van der Waals surface area contributed by atoms with Crippen LogP contribution in [0.2, 0.25) is 0 Å². The van der Waals surface area contributed by atoms with Gasteiger partial charge in [0.2, 0.25) is 0 Å². The third kappa shape index (κ3) is 7.49. The second-order valence-electron chi connectivity index (χ2n) is 10.4. The zero-order valence-electron chi connectivity index (χ0n) is 26.0. The number of benzene rings is 2. The van der Waals surface area contributed by atoms with Crippen LogP contribution < -0.4 is 20.5 Å². The van der Waals surface area contributed by atoms with Crippen molar-refractivity contribution in [2.75, 3.05) is 32.5 Å². The molecule has 0 radical (unpaired) electrons. The van der Waals surface area contributed by atoms with Crippen molar-refractivity contribution in [3.63, 3.8) is 0 Å². The molecule has 0 unspecified atom stereocenters. The number of carboxylic acids is 1. The van der Waals surface area contributed by atoms with Crippen molar-refractivity contribution in [1.29, 1.82) is 0 Å². The van der Waals surface area contributed by atoms with E-state index in [-0.39, 0.29) is 5.82 Å². The zero-order chi connectivity index (χ0) is 34.3. The van der Waals surface area contributed by atoms with Gasteiger partial charge in [-0.25, -0.2) is 19.4 Å². The molecule has 0 aliphatic heterocycles. The number of nitrogens with two attached hydrogens (primary N) is 1. The lowest BCUT2D eigenvalue weighted by Crippen LogP contribution is -2.21. The van der Waals surface area contributed by atoms with E-state index in [1.165, 1.54) is 10.9 Å². The first-order valence-corrected chi connectivity index (χ1v) is 14.9. The zero-order valence-corrected chi connectivity index (χ0v) is 26.0. The van der Waals surface area contributed by atoms with Crippen molar-refractivity contribution in [2.45, 2.75) is 32.5 Å². The van der Waals surface area contributed by atoms with Gasteiger partial charge in [-0.05, 0) is 66.9 Å². The molecule has 0 atom stereocenters. The molecule has 4 heterocycles. The standard InChI is InChI=1S/C30H32N8O3.C2HF3O2/c1-3-38-28-24(40-15-7-13-32-14-12-20-17-33-23-11-10-21(39-2)16-22(20)23)18-34-25(19-8-5-4-6-9-19)26(28)35-30(38)27-29(31)37-41-36-27;3-2(4,5)1(6)7/h4-6,8-11,16-18,32-33H,3,7,12-15H2,1-2H3,(H2,31,37);(H,6,7). The number of carbonyl (C=O) groups is 1. The summed E-state index contributed by atoms with van der Waals surface area (Å²) in [5, 5.41) is 19.6. The number of nitrogens with zero attached hydrogens (tertiary/aromatic N) is 5. The minimum Gasteiger partial charge on any atom is -0.497 e. The summed E-state index contributed by atoms with van der Waals surface area (Å²) in [6.45, 7) is 4.86. The Hall–Kier alpha value is -5.64. The molecule has 4 aromatic heterocycles. The van der Waals surface area contributed by atoms with Gasteiger partial charge in [0.05, 0.1) is 25.6 Å². The number of anilines is 1. The molecule has 48 heavy (non-hydrogen) atoms. The van der Waals surface area contributed by atoms with Gasteiger partial charge in [0, 0.05) is 29.2 Å². The van der Waals surface area contributed by atoms with Crippen molar-refractivity contribution < 1.29 is 37.2 Å². The maximum absolute atomic E-state index is 10.6. The number of ether oxygens (including phenoxy) is 2. The number of hydrogen-bond acceptors (Lipinski definition) is 10. The average molecular weight is 667 g/mol. The molecule has 0 saturated carbocycles. The van der Waals surface area contributed by atoms with Crippen LogP contribution in [0, 0.1) is 0 Å². The number of pyridine rings is 1. The first kappa shape index (κ1) is 33.7. The van der Waals surface area contributed by atoms with Gasteiger partial charge >= 0.3 is 12.1 Å². The minimum atomic E-state index is -5.08. The molecule has 252 valence electrons. The monoisotopic (exact) mass is 666 g/mol. The van der Waals surface area contributed by atoms with Crippen molar-refractivity contribution in [3.8, 4) is 34.3 Å². The third-order valence-corrected chi connectivity index (χ3v) is 7.37. The van der Waals surface area contributed by atoms with Gasteiger partial charge in [-0.2, -0.15) is 13.2 Å². The predicted octanol–water partition coefficient (Wildman–Crippen LogP) is 5.47. The van der Waals surface area contributed by atoms with Gasteiger partial charge in [-0.1, -0.05) is 30.3 Å². The SMILES string of the molecule is CCn1c(-c2nonc2N)nc2c(-c3ccccc3)ncc(OCCCNCCc3c[nH]c4ccc(OC)cc34)c21.O=C(O)C(F)(F)F. The fraction of sp³-hybridized carbons (Fsp3) is 0.281. The number of aromatic amines is 1. The molecule has 0 fully saturated rings. The number of methoxy groups -OCH3 is 1. The van der Waals surface area contributed by atoms with Crippen molar-refractivity contribution in [1.82, 2.24) is 35.1 Å². The summed E-state index contributed by atoms with van der Waals surface area (Å²) < 4.78 is 50.3. The van der Waals surface area contributed by atoms with Gasteiger partial charge in [-0.3, -0.25) is 0 Å². The van der Waals surface area contributed by atoms with E-state index in [4.69, 9.17) is 39.7 Å². The normalized spacial score (nSPS) is 11.4. The molecule has 0 aliphatic rings. The Morgan fingerprint density at radius 2 is 1.90 bits per heavy atom. The number of halogens is 3. The number of nitrogen functional groups attached to an aromatic ring is 1. The number of nitrogens with one attached hydrogen (secondary N) is 2. The molecule has 0 amide bonds. The fourth-order valence-corrected chi connectivity index (χ4v) is 5.08. The molecular formula is C32H33F3N8O5. The molecule has 0 spiro atoms. The van der Waals surface area contributed by atoms with Gasteiger partial charge < -0.3 is 35.2 Å². The van der Waals surface area contributed by atoms with E-state index in [2.05, 4.69) is 32.9 Å². The Balaban J connectivity index is 0.000000582. The molecule has 2 aromatic carbocycles. The largest absolute Gasteiger partial charge is 0.497 e. The van der Waals surface area contributed by atoms with E-state index in [1.807, 2.05) is 54.0 Å². The van der Waals surface area contributed by atoms with Gasteiger partial charge in [0.25, 0.3) is 0 Å². The number of rotatable bonds is 12. The van der Waals surface area contributed by atoms with E-state index in [0.717, 1.165) is 54.0 Å². The lowest BCUT2D eigenvalue weighted by Gasteiger charge is -2.12. The van der Waals surface area contributed by atoms with E-state index >= 15 is 0 Å². The van der Waals surface area contributed by atoms with E-state index in [9.17, 15) is 13.2 Å². The van der Waals surface area contributed by atoms with Crippen molar-refractivity contribution in [2.24, 2.45) is 0 Å². The Kier molecular flexibility index (Phi) is 10.4. The summed E-state index contributed by atoms with van der Waals surface area (Å²) in [6.07, 6.45) is 0.500. The van der Waals surface area contributed by atoms with Gasteiger partial charge in [0.15, 0.2) is 23.1 Å². The molecule has 0 saturated heterocycles. The maximum atomic E-state index is 10.6. The first-order chi connectivity index (χ1) is 23.1. The highest BCUT2D eigenvalue weighted by Gasteiger charge is 2.38. The van der Waals surface area contributed by atoms with Crippen LogP contribution in [0.1, 0.15) is 18.9 Å². The molecular weight excluding hydrogens is 633 g/mol. The van der Waals surface area contributed by atoms with Crippen LogP contribution in [-0.4, -0.2) is 73.9 Å². The Morgan fingerprint density at radius 3 is 2.56 bits per heavy atom. The molecule has 13 nitrogen and oxygen atoms in total. The number of aryl methyl sites for hydroxylation is 1. The Labute approximate surface area is 271 Å². The second kappa shape index (κ2) is 14.8. The minimum absolute atomic E-state index is 0.185. The molecule has 0 aliphatic carbocycles. The van der Waals surface area contributed by atoms with Crippen LogP contribution >= 0.6 is 0 Å². The molecule has 6 rings (SSSR count). The topological polar surface area (TPSA) is 179 Å². The molecule has 6 aromatic rings. The van der Waals surface area contributed by atoms with Crippen LogP contribution in [0.3, 0.4) is 0 Å². The number of aliphatic carboxylic acids is 1. The average Bonchev–Trinajstić information content (AvgIpc) is 3.80. The lowest BCUT2D eigenvalue weighted by atomic mass is 10.1. The van der Waals surface area contributed by atoms with Crippen molar-refractivity contribution in [3.05, 3.63) is 66.5 Å². The summed E-state index contributed by atoms with van der Waals surface area (Å²) >= 11 is 0. The van der Waals surface area contributed by atoms with Crippen LogP contribution in [0.15, 0.2) is 65.6 Å². The highest BCUT2D eigenvalue weighted by Crippen LogP contribution is 2.36. The first-order valence-electron chi connectivity index (χ1n) is 14.9. The molecule has 0 bridgehead atoms. The lowest BCUT2D eigenvalue weighted by molar-refractivity contribution is -0.192. The highest BCUT2D eigenvalue weighted by atomic mass is 19.4. The number of aromatic nitrogens is 6. The predicted molar refractivity (Wildman–Crippen MR) is 172 cm³/mol. The fourth-order valence-electron chi connectivity index (χ4n) is 5.08. The summed E-state index contributed by atoms with van der Waals surface area (Å²) in [5.74, 6) is -0.491. The number of alkyl halides is 3. The Morgan fingerprint density at radius 1 is 1.12 bits per heavy atom. The van der Waals surface area contributed by atoms with Crippen LogP contribution in [-0.2, 0) is 17.8 Å². The Bertz CT molecular complexity index is 1990. The highest BCUT2D eigenvalue weighted by molar-refractivity contribution is 5.96. The quantitative estimate of drug-likeness (QED) is 0.122. The van der Waals surface area contributed by atoms with Crippen molar-refractivity contribution >= 4 is 33.7 Å². The second-order valence-corrected chi connectivity index (χ2v) is 10.4. The van der Waals surface area contributed by atoms with Crippen LogP contribution in [0.25, 0.3) is 44.7 Å². The molecule has 5 N–H and O–H groups in total. The van der Waals surface area contributed by atoms with Crippen LogP contribution in [0.5, 0.6) is 11.5 Å². The number of fused-ring (bicyclic) bond motifs is 2. The summed E-state index contributed by atoms with van der Waals surface area (Å²) in [4.78, 5) is 21.9. The molecule has 16 heteroatoms. The van der Waals surface area contributed by atoms with E-state index < -0.39 is 12.1 Å². The summed E-state index contributed by atoms with van der Waals surface area (Å²) in [7, 11) is 1.69. The number of carboxylic acid groups (broad SMARTS) is 1. The maximum Gasteiger partial charge on any atom is 0.490 e. The summed E-state index contributed by atoms with van der Waals surface area (Å²) in [5.41, 5.74) is 12.1. The van der Waals surface area contributed by atoms with Gasteiger partial charge in [-0.15, -0.1) is 0 Å². The van der Waals surface area contributed by atoms with Crippen LogP contribution in [0.4, 0.5) is 19.0 Å². The number of hydrogen-bond donors (Lipinski definition) is 4. The number of imidazole rings is 1.